The van der Waals surface area contributed by atoms with Crippen LogP contribution in [0.25, 0.3) is 22.1 Å². The molecule has 6 N–H and O–H groups in total. The van der Waals surface area contributed by atoms with Crippen molar-refractivity contribution in [2.24, 2.45) is 16.6 Å². The predicted molar refractivity (Wildman–Crippen MR) is 408 cm³/mol. The fourth-order valence-corrected chi connectivity index (χ4v) is 14.7. The number of nitrogens with two attached hydrogens (primary N) is 1. The number of alkyl halides is 6. The maximum atomic E-state index is 13.6. The number of alkyl carbamates (subject to hydrolysis) is 1. The van der Waals surface area contributed by atoms with Gasteiger partial charge in [-0.15, -0.1) is 34.0 Å². The average Bonchev–Trinajstić information content (AvgIpc) is 1.62. The number of aromatic nitrogens is 4. The van der Waals surface area contributed by atoms with Gasteiger partial charge in [0.2, 0.25) is 11.9 Å². The van der Waals surface area contributed by atoms with Crippen molar-refractivity contribution in [2.75, 3.05) is 10.6 Å². The summed E-state index contributed by atoms with van der Waals surface area (Å²) in [4.78, 5) is 89.0. The van der Waals surface area contributed by atoms with Gasteiger partial charge in [0.1, 0.15) is 23.7 Å². The summed E-state index contributed by atoms with van der Waals surface area (Å²) in [6, 6.07) is 38.2. The number of carboxylic acids is 1. The van der Waals surface area contributed by atoms with Crippen molar-refractivity contribution < 1.29 is 74.4 Å². The molecular weight excluding hydrogens is 1460 g/mol. The number of hydrogen-bond acceptors (Lipinski definition) is 15. The van der Waals surface area contributed by atoms with Crippen LogP contribution < -0.4 is 21.7 Å². The molecule has 20 nitrogen and oxygen atoms in total. The van der Waals surface area contributed by atoms with Gasteiger partial charge in [-0.05, 0) is 180 Å². The van der Waals surface area contributed by atoms with E-state index in [2.05, 4.69) is 57.5 Å². The van der Waals surface area contributed by atoms with Crippen LogP contribution in [0, 0.1) is 10.8 Å². The van der Waals surface area contributed by atoms with Crippen LogP contribution in [0.2, 0.25) is 0 Å². The van der Waals surface area contributed by atoms with Crippen molar-refractivity contribution in [1.29, 1.82) is 0 Å². The van der Waals surface area contributed by atoms with E-state index in [0.717, 1.165) is 87.7 Å². The van der Waals surface area contributed by atoms with Crippen LogP contribution in [-0.4, -0.2) is 99.8 Å². The third-order valence-electron chi connectivity index (χ3n) is 19.1. The number of carboxylic acid groups (broad SMARTS) is 1. The molecule has 29 heteroatoms. The molecule has 0 bridgehead atoms. The second-order valence-electron chi connectivity index (χ2n) is 30.1. The lowest BCUT2D eigenvalue weighted by molar-refractivity contribution is 0.0486. The van der Waals surface area contributed by atoms with Gasteiger partial charge in [0.25, 0.3) is 31.1 Å². The number of fused-ring (bicyclic) bond motifs is 2. The number of carbonyl (C=O) groups is 6. The molecule has 0 saturated heterocycles. The Bertz CT molecular complexity index is 4530. The number of ether oxygens (including phenoxy) is 3. The smallest absolute Gasteiger partial charge is 0.410 e. The van der Waals surface area contributed by atoms with Crippen molar-refractivity contribution >= 4 is 104 Å². The summed E-state index contributed by atoms with van der Waals surface area (Å²) in [5.41, 5.74) is 11.5. The summed E-state index contributed by atoms with van der Waals surface area (Å²) in [5, 5.41) is 17.1. The Balaban J connectivity index is 0.000000219. The molecular formula is C79H94F6N10O10S3. The van der Waals surface area contributed by atoms with Gasteiger partial charge in [0.05, 0.1) is 46.5 Å². The first kappa shape index (κ1) is 82.7. The minimum absolute atomic E-state index is 0.0553. The van der Waals surface area contributed by atoms with Crippen molar-refractivity contribution in [3.8, 4) is 0 Å². The van der Waals surface area contributed by atoms with E-state index < -0.39 is 60.9 Å². The van der Waals surface area contributed by atoms with Crippen LogP contribution in [0.15, 0.2) is 133 Å². The third-order valence-corrected chi connectivity index (χ3v) is 22.3. The van der Waals surface area contributed by atoms with Gasteiger partial charge in [-0.25, -0.2) is 55.5 Å². The highest BCUT2D eigenvalue weighted by Gasteiger charge is 2.35. The second-order valence-corrected chi connectivity index (χ2v) is 33.5. The lowest BCUT2D eigenvalue weighted by Crippen LogP contribution is -2.45. The van der Waals surface area contributed by atoms with E-state index >= 15 is 0 Å². The Morgan fingerprint density at radius 1 is 0.519 bits per heavy atom. The van der Waals surface area contributed by atoms with E-state index in [9.17, 15) is 55.1 Å². The highest BCUT2D eigenvalue weighted by Crippen LogP contribution is 2.40. The topological polar surface area (TPSA) is 255 Å². The maximum absolute atomic E-state index is 13.6. The zero-order valence-electron chi connectivity index (χ0n) is 62.3. The Labute approximate surface area is 636 Å². The number of halogens is 6. The Morgan fingerprint density at radius 2 is 0.889 bits per heavy atom. The van der Waals surface area contributed by atoms with E-state index in [1.165, 1.54) is 30.3 Å². The first-order valence-electron chi connectivity index (χ1n) is 35.7. The molecule has 108 heavy (non-hydrogen) atoms. The van der Waals surface area contributed by atoms with Crippen molar-refractivity contribution in [3.05, 3.63) is 185 Å². The minimum Gasteiger partial charge on any atom is -0.477 e. The van der Waals surface area contributed by atoms with Crippen LogP contribution in [0.5, 0.6) is 0 Å². The fourth-order valence-electron chi connectivity index (χ4n) is 12.5. The number of rotatable bonds is 21. The van der Waals surface area contributed by atoms with Crippen molar-refractivity contribution in [3.63, 3.8) is 0 Å². The molecule has 4 aromatic carbocycles. The van der Waals surface area contributed by atoms with Crippen molar-refractivity contribution in [1.82, 2.24) is 34.2 Å². The van der Waals surface area contributed by atoms with Crippen molar-refractivity contribution in [2.45, 2.75) is 215 Å². The van der Waals surface area contributed by atoms with Crippen LogP contribution in [0.3, 0.4) is 0 Å². The highest BCUT2D eigenvalue weighted by molar-refractivity contribution is 7.14. The molecule has 2 atom stereocenters. The van der Waals surface area contributed by atoms with Crippen LogP contribution in [0.4, 0.5) is 52.6 Å². The Kier molecular flexibility index (Phi) is 27.8. The largest absolute Gasteiger partial charge is 0.477 e. The van der Waals surface area contributed by atoms with Gasteiger partial charge in [0.15, 0.2) is 0 Å². The lowest BCUT2D eigenvalue weighted by Gasteiger charge is -2.37. The number of imidazole rings is 2. The molecule has 5 heterocycles. The van der Waals surface area contributed by atoms with Gasteiger partial charge in [-0.2, -0.15) is 0 Å². The molecule has 11 rings (SSSR count). The van der Waals surface area contributed by atoms with Crippen LogP contribution >= 0.6 is 34.0 Å². The highest BCUT2D eigenvalue weighted by atomic mass is 32.1. The Morgan fingerprint density at radius 3 is 1.23 bits per heavy atom. The second kappa shape index (κ2) is 36.3. The maximum Gasteiger partial charge on any atom is 0.410 e. The summed E-state index contributed by atoms with van der Waals surface area (Å²) < 4.78 is 97.7. The zero-order valence-corrected chi connectivity index (χ0v) is 64.7. The SMILES string of the molecule is C[C@H](N(Cc1ccc2c(c1)nc(NC(=O)c1ccc(C(F)F)s1)n2C1CCC(N)CC1)C(=O)OCc1ccccc1)C(C)(C)C.C[C@H](N(Cc1ccc2c(c1)nc(NC(=O)c1ccc(C(F)F)s1)n2C1CCC(NC(=O)OC(C)(C)C)CC1)C(=O)OCc1ccccc1)C(C)(C)C.O=C(O)c1ccc(C(F)F)s1. The molecule has 0 aliphatic heterocycles. The van der Waals surface area contributed by atoms with Crippen LogP contribution in [0.1, 0.15) is 225 Å². The van der Waals surface area contributed by atoms with Crippen LogP contribution in [-0.2, 0) is 40.5 Å². The van der Waals surface area contributed by atoms with E-state index in [0.29, 0.717) is 66.5 Å². The van der Waals surface area contributed by atoms with Gasteiger partial charge in [0, 0.05) is 49.3 Å². The molecule has 0 spiro atoms. The Hall–Kier alpha value is -9.32. The zero-order chi connectivity index (χ0) is 78.5. The number of nitrogens with one attached hydrogen (secondary N) is 3. The number of anilines is 2. The van der Waals surface area contributed by atoms with Gasteiger partial charge in [-0.3, -0.25) is 20.2 Å². The summed E-state index contributed by atoms with van der Waals surface area (Å²) in [6.45, 7) is 22.9. The number of amides is 5. The summed E-state index contributed by atoms with van der Waals surface area (Å²) in [6.07, 6.45) is -3.07. The molecule has 5 amide bonds. The lowest BCUT2D eigenvalue weighted by atomic mass is 9.87. The summed E-state index contributed by atoms with van der Waals surface area (Å²) in [7, 11) is 0. The molecule has 580 valence electrons. The fraction of sp³-hybridized carbons (Fsp3) is 0.443. The average molecular weight is 1550 g/mol. The monoisotopic (exact) mass is 1550 g/mol. The summed E-state index contributed by atoms with van der Waals surface area (Å²) in [5.74, 6) is -1.51. The van der Waals surface area contributed by atoms with Gasteiger partial charge in [-0.1, -0.05) is 114 Å². The number of benzene rings is 4. The van der Waals surface area contributed by atoms with Gasteiger partial charge < -0.3 is 49.3 Å². The molecule has 5 aromatic heterocycles. The molecule has 0 unspecified atom stereocenters. The first-order chi connectivity index (χ1) is 51.0. The van der Waals surface area contributed by atoms with Gasteiger partial charge >= 0.3 is 24.2 Å². The van der Waals surface area contributed by atoms with E-state index in [4.69, 9.17) is 35.0 Å². The molecule has 2 aliphatic carbocycles. The quantitative estimate of drug-likeness (QED) is 0.0332. The molecule has 2 fully saturated rings. The number of thiophene rings is 3. The van der Waals surface area contributed by atoms with E-state index in [1.807, 2.05) is 141 Å². The molecule has 0 radical (unpaired) electrons. The molecule has 9 aromatic rings. The minimum atomic E-state index is -2.67. The molecule has 2 saturated carbocycles. The first-order valence-corrected chi connectivity index (χ1v) is 38.2. The number of hydrogen-bond donors (Lipinski definition) is 5. The normalized spacial score (nSPS) is 16.7. The predicted octanol–water partition coefficient (Wildman–Crippen LogP) is 20.6. The van der Waals surface area contributed by atoms with E-state index in [1.54, 1.807) is 9.80 Å². The standard InChI is InChI=1S/C39H49F2N5O5S.C34H41F2N5O3S.C6H4F2O2S/c1-24(38(2,3)4)45(37(49)50-23-25-11-9-8-10-12-25)22-26-13-18-30-29(21-26)43-35(44-34(47)32-20-19-31(52-32)33(40)41)46(30)28-16-14-27(15-17-28)42-36(48)51-39(5,6)7;1-21(34(2,3)4)40(33(43)44-20-22-8-6-5-7-9-22)19-23-10-15-27-26(18-23)38-32(41(27)25-13-11-24(37)12-14-25)39-31(42)29-17-16-28(45-29)30(35)36;7-5(8)3-1-2-4(11-3)6(9)10/h8-13,18-21,24,27-28,33H,14-17,22-23H2,1-7H3,(H,42,48)(H,43,44,47);5-10,15-18,21,24-25,30H,11-14,19-20,37H2,1-4H3,(H,38,39,42);1-2,5H,(H,9,10)/t24-,27?,28?;21-,24?,25?;/m00./s1. The number of aromatic carboxylic acids is 1. The molecule has 2 aliphatic rings. The number of nitrogens with zero attached hydrogens (tertiary/aromatic N) is 6. The third kappa shape index (κ3) is 22.4. The van der Waals surface area contributed by atoms with E-state index in [-0.39, 0.29) is 96.1 Å². The number of carbonyl (C=O) groups excluding carboxylic acids is 5. The summed E-state index contributed by atoms with van der Waals surface area (Å²) >= 11 is 2.12.